The van der Waals surface area contributed by atoms with Crippen LogP contribution in [0.2, 0.25) is 5.02 Å². The Morgan fingerprint density at radius 1 is 1.04 bits per heavy atom. The number of halogens is 4. The monoisotopic (exact) mass is 411 g/mol. The van der Waals surface area contributed by atoms with Gasteiger partial charge in [-0.15, -0.1) is 10.2 Å². The fourth-order valence-corrected chi connectivity index (χ4v) is 2.60. The van der Waals surface area contributed by atoms with E-state index in [0.29, 0.717) is 11.9 Å². The first-order valence-corrected chi connectivity index (χ1v) is 8.70. The molecule has 0 bridgehead atoms. The van der Waals surface area contributed by atoms with E-state index in [1.165, 1.54) is 5.56 Å². The summed E-state index contributed by atoms with van der Waals surface area (Å²) in [4.78, 5) is 3.69. The van der Waals surface area contributed by atoms with Gasteiger partial charge in [-0.3, -0.25) is 0 Å². The number of aromatic nitrogens is 3. The highest BCUT2D eigenvalue weighted by Crippen LogP contribution is 2.33. The van der Waals surface area contributed by atoms with Crippen LogP contribution < -0.4 is 4.74 Å². The highest BCUT2D eigenvalue weighted by molar-refractivity contribution is 6.32. The van der Waals surface area contributed by atoms with Crippen molar-refractivity contribution in [1.82, 2.24) is 15.2 Å². The number of alkyl halides is 3. The van der Waals surface area contributed by atoms with Gasteiger partial charge in [0.2, 0.25) is 0 Å². The Kier molecular flexibility index (Phi) is 5.34. The van der Waals surface area contributed by atoms with E-state index in [0.717, 1.165) is 6.07 Å². The van der Waals surface area contributed by atoms with E-state index in [1.807, 2.05) is 24.3 Å². The quantitative estimate of drug-likeness (QED) is 0.552. The zero-order valence-corrected chi connectivity index (χ0v) is 16.1. The van der Waals surface area contributed by atoms with Crippen LogP contribution in [0.25, 0.3) is 11.6 Å². The minimum atomic E-state index is -4.54. The summed E-state index contributed by atoms with van der Waals surface area (Å²) >= 11 is 5.88. The van der Waals surface area contributed by atoms with Gasteiger partial charge in [-0.1, -0.05) is 44.5 Å². The van der Waals surface area contributed by atoms with Gasteiger partial charge in [0.15, 0.2) is 6.61 Å². The number of ether oxygens (including phenoxy) is 1. The van der Waals surface area contributed by atoms with Crippen molar-refractivity contribution in [1.29, 1.82) is 0 Å². The van der Waals surface area contributed by atoms with Crippen LogP contribution in [-0.2, 0) is 18.2 Å². The third kappa shape index (κ3) is 4.62. The highest BCUT2D eigenvalue weighted by Gasteiger charge is 2.32. The van der Waals surface area contributed by atoms with Crippen molar-refractivity contribution >= 4 is 11.6 Å². The second kappa shape index (κ2) is 7.43. The Balaban J connectivity index is 1.69. The number of nitrogens with zero attached hydrogens (tertiary/aromatic N) is 3. The van der Waals surface area contributed by atoms with Gasteiger partial charge >= 0.3 is 6.18 Å². The van der Waals surface area contributed by atoms with E-state index >= 15 is 0 Å². The molecule has 3 rings (SSSR count). The lowest BCUT2D eigenvalue weighted by Crippen LogP contribution is -2.10. The fraction of sp³-hybridized carbons (Fsp3) is 0.316. The number of pyridine rings is 1. The van der Waals surface area contributed by atoms with Crippen LogP contribution in [-0.4, -0.2) is 15.2 Å². The van der Waals surface area contributed by atoms with Crippen LogP contribution in [0.5, 0.6) is 5.75 Å². The van der Waals surface area contributed by atoms with Gasteiger partial charge in [-0.05, 0) is 29.2 Å². The van der Waals surface area contributed by atoms with Crippen LogP contribution >= 0.6 is 11.6 Å². The maximum atomic E-state index is 12.7. The van der Waals surface area contributed by atoms with Crippen LogP contribution in [0, 0.1) is 0 Å². The molecule has 0 radical (unpaired) electrons. The normalized spacial score (nSPS) is 12.2. The molecule has 0 fully saturated rings. The topological polar surface area (TPSA) is 61.0 Å². The molecule has 2 aromatic heterocycles. The van der Waals surface area contributed by atoms with E-state index in [-0.39, 0.29) is 34.5 Å². The first-order valence-electron chi connectivity index (χ1n) is 8.33. The Morgan fingerprint density at radius 2 is 1.71 bits per heavy atom. The summed E-state index contributed by atoms with van der Waals surface area (Å²) in [7, 11) is 0. The van der Waals surface area contributed by atoms with Gasteiger partial charge in [0, 0.05) is 6.20 Å². The first kappa shape index (κ1) is 20.1. The van der Waals surface area contributed by atoms with Gasteiger partial charge in [-0.2, -0.15) is 13.2 Å². The second-order valence-corrected chi connectivity index (χ2v) is 7.52. The van der Waals surface area contributed by atoms with Gasteiger partial charge < -0.3 is 9.15 Å². The summed E-state index contributed by atoms with van der Waals surface area (Å²) in [5.74, 6) is 0.687. The standard InChI is InChI=1S/C19H17ClF3N3O2/c1-18(2,3)11-4-6-13(7-5-11)27-10-15-25-26-17(28-15)16-14(20)8-12(9-24-16)19(21,22)23/h4-9H,10H2,1-3H3. The lowest BCUT2D eigenvalue weighted by Gasteiger charge is -2.19. The minimum Gasteiger partial charge on any atom is -0.484 e. The zero-order chi connectivity index (χ0) is 20.5. The van der Waals surface area contributed by atoms with Crippen molar-refractivity contribution in [3.63, 3.8) is 0 Å². The molecule has 5 nitrogen and oxygen atoms in total. The molecule has 0 spiro atoms. The van der Waals surface area contributed by atoms with E-state index in [2.05, 4.69) is 36.0 Å². The molecule has 3 aromatic rings. The predicted molar refractivity (Wildman–Crippen MR) is 97.0 cm³/mol. The third-order valence-electron chi connectivity index (χ3n) is 3.92. The summed E-state index contributed by atoms with van der Waals surface area (Å²) in [5.41, 5.74) is 0.224. The average molecular weight is 412 g/mol. The van der Waals surface area contributed by atoms with Crippen molar-refractivity contribution in [2.45, 2.75) is 39.0 Å². The van der Waals surface area contributed by atoms with Crippen LogP contribution in [0.1, 0.15) is 37.8 Å². The second-order valence-electron chi connectivity index (χ2n) is 7.12. The molecule has 9 heteroatoms. The van der Waals surface area contributed by atoms with Gasteiger partial charge in [0.05, 0.1) is 10.6 Å². The van der Waals surface area contributed by atoms with Gasteiger partial charge in [-0.25, -0.2) is 4.98 Å². The molecule has 0 saturated heterocycles. The number of hydrogen-bond donors (Lipinski definition) is 0. The molecule has 0 aliphatic heterocycles. The summed E-state index contributed by atoms with van der Waals surface area (Å²) in [6, 6.07) is 8.39. The van der Waals surface area contributed by atoms with Crippen LogP contribution in [0.15, 0.2) is 40.9 Å². The van der Waals surface area contributed by atoms with E-state index in [4.69, 9.17) is 20.8 Å². The molecule has 0 amide bonds. The Bertz CT molecular complexity index is 964. The minimum absolute atomic E-state index is 0.000117. The first-order chi connectivity index (χ1) is 13.0. The molecule has 2 heterocycles. The number of hydrogen-bond acceptors (Lipinski definition) is 5. The lowest BCUT2D eigenvalue weighted by atomic mass is 9.87. The number of benzene rings is 1. The summed E-state index contributed by atoms with van der Waals surface area (Å²) in [5, 5.41) is 7.35. The molecule has 28 heavy (non-hydrogen) atoms. The largest absolute Gasteiger partial charge is 0.484 e. The summed E-state index contributed by atoms with van der Waals surface area (Å²) < 4.78 is 49.1. The van der Waals surface area contributed by atoms with Crippen molar-refractivity contribution in [3.8, 4) is 17.3 Å². The molecular weight excluding hydrogens is 395 g/mol. The maximum Gasteiger partial charge on any atom is 0.417 e. The fourth-order valence-electron chi connectivity index (χ4n) is 2.35. The maximum absolute atomic E-state index is 12.7. The average Bonchev–Trinajstić information content (AvgIpc) is 3.07. The summed E-state index contributed by atoms with van der Waals surface area (Å²) in [6.45, 7) is 6.34. The van der Waals surface area contributed by atoms with Gasteiger partial charge in [0.25, 0.3) is 11.8 Å². The van der Waals surface area contributed by atoms with E-state index in [9.17, 15) is 13.2 Å². The zero-order valence-electron chi connectivity index (χ0n) is 15.3. The van der Waals surface area contributed by atoms with E-state index < -0.39 is 11.7 Å². The molecule has 1 aromatic carbocycles. The Hall–Kier alpha value is -2.61. The SMILES string of the molecule is CC(C)(C)c1ccc(OCc2nnc(-c3ncc(C(F)(F)F)cc3Cl)o2)cc1. The van der Waals surface area contributed by atoms with Crippen LogP contribution in [0.4, 0.5) is 13.2 Å². The molecule has 0 aliphatic rings. The molecule has 0 N–H and O–H groups in total. The van der Waals surface area contributed by atoms with E-state index in [1.54, 1.807) is 0 Å². The smallest absolute Gasteiger partial charge is 0.417 e. The Morgan fingerprint density at radius 3 is 2.29 bits per heavy atom. The van der Waals surface area contributed by atoms with Crippen molar-refractivity contribution in [2.75, 3.05) is 0 Å². The molecular formula is C19H17ClF3N3O2. The highest BCUT2D eigenvalue weighted by atomic mass is 35.5. The molecule has 148 valence electrons. The third-order valence-corrected chi connectivity index (χ3v) is 4.21. The van der Waals surface area contributed by atoms with Gasteiger partial charge in [0.1, 0.15) is 11.4 Å². The molecule has 0 unspecified atom stereocenters. The van der Waals surface area contributed by atoms with Crippen molar-refractivity contribution in [3.05, 3.63) is 58.6 Å². The Labute approximate surface area is 164 Å². The van der Waals surface area contributed by atoms with Crippen LogP contribution in [0.3, 0.4) is 0 Å². The molecule has 0 atom stereocenters. The molecule has 0 saturated carbocycles. The predicted octanol–water partition coefficient (Wildman–Crippen LogP) is 5.68. The van der Waals surface area contributed by atoms with Crippen molar-refractivity contribution < 1.29 is 22.3 Å². The number of rotatable bonds is 4. The summed E-state index contributed by atoms with van der Waals surface area (Å²) in [6.07, 6.45) is -3.87. The van der Waals surface area contributed by atoms with Crippen molar-refractivity contribution in [2.24, 2.45) is 0 Å². The molecule has 0 aliphatic carbocycles. The lowest BCUT2D eigenvalue weighted by molar-refractivity contribution is -0.137.